The minimum Gasteiger partial charge on any atom is -0.481 e. The first-order chi connectivity index (χ1) is 6.86. The molecule has 0 aromatic carbocycles. The van der Waals surface area contributed by atoms with Crippen LogP contribution in [0.4, 0.5) is 13.2 Å². The lowest BCUT2D eigenvalue weighted by atomic mass is 10.2. The van der Waals surface area contributed by atoms with Crippen LogP contribution in [0.15, 0.2) is 12.1 Å². The second-order valence-corrected chi connectivity index (χ2v) is 2.55. The van der Waals surface area contributed by atoms with Gasteiger partial charge in [0.2, 0.25) is 5.88 Å². The highest BCUT2D eigenvalue weighted by molar-refractivity contribution is 5.89. The van der Waals surface area contributed by atoms with Crippen molar-refractivity contribution in [2.24, 2.45) is 0 Å². The average molecular weight is 221 g/mol. The van der Waals surface area contributed by atoms with E-state index in [1.54, 1.807) is 0 Å². The van der Waals surface area contributed by atoms with Crippen molar-refractivity contribution in [3.05, 3.63) is 23.4 Å². The van der Waals surface area contributed by atoms with Gasteiger partial charge in [-0.3, -0.25) is 0 Å². The Balaban J connectivity index is 3.36. The number of aromatic nitrogens is 1. The van der Waals surface area contributed by atoms with E-state index in [1.807, 2.05) is 0 Å². The molecule has 0 atom stereocenters. The molecular weight excluding hydrogens is 215 g/mol. The molecule has 1 heterocycles. The molecule has 0 unspecified atom stereocenters. The third kappa shape index (κ3) is 2.36. The number of pyridine rings is 1. The van der Waals surface area contributed by atoms with Crippen LogP contribution in [0.5, 0.6) is 5.88 Å². The number of halogens is 3. The molecule has 0 aliphatic heterocycles. The molecule has 0 aliphatic rings. The van der Waals surface area contributed by atoms with E-state index in [-0.39, 0.29) is 5.88 Å². The third-order valence-corrected chi connectivity index (χ3v) is 1.58. The highest BCUT2D eigenvalue weighted by Gasteiger charge is 2.37. The van der Waals surface area contributed by atoms with Gasteiger partial charge in [-0.1, -0.05) is 0 Å². The highest BCUT2D eigenvalue weighted by atomic mass is 19.4. The summed E-state index contributed by atoms with van der Waals surface area (Å²) in [4.78, 5) is 13.5. The first kappa shape index (κ1) is 11.3. The summed E-state index contributed by atoms with van der Waals surface area (Å²) in [6.45, 7) is 0. The summed E-state index contributed by atoms with van der Waals surface area (Å²) < 4.78 is 41.5. The molecule has 0 amide bonds. The Bertz CT molecular complexity index is 389. The maximum Gasteiger partial charge on any atom is 0.434 e. The van der Waals surface area contributed by atoms with Crippen molar-refractivity contribution in [1.29, 1.82) is 0 Å². The minimum absolute atomic E-state index is 0.285. The molecule has 7 heteroatoms. The van der Waals surface area contributed by atoms with Crippen molar-refractivity contribution in [2.45, 2.75) is 6.18 Å². The molecule has 0 saturated carbocycles. The van der Waals surface area contributed by atoms with E-state index in [2.05, 4.69) is 9.72 Å². The summed E-state index contributed by atoms with van der Waals surface area (Å²) >= 11 is 0. The Morgan fingerprint density at radius 2 is 2.07 bits per heavy atom. The monoisotopic (exact) mass is 221 g/mol. The van der Waals surface area contributed by atoms with Gasteiger partial charge in [0, 0.05) is 6.07 Å². The zero-order valence-electron chi connectivity index (χ0n) is 7.50. The molecular formula is C8H6F3NO3. The van der Waals surface area contributed by atoms with Gasteiger partial charge >= 0.3 is 12.1 Å². The van der Waals surface area contributed by atoms with Crippen molar-refractivity contribution in [2.75, 3.05) is 7.11 Å². The van der Waals surface area contributed by atoms with E-state index < -0.39 is 23.4 Å². The maximum atomic E-state index is 12.3. The van der Waals surface area contributed by atoms with E-state index in [9.17, 15) is 18.0 Å². The Hall–Kier alpha value is -1.79. The summed E-state index contributed by atoms with van der Waals surface area (Å²) in [5.74, 6) is -1.97. The number of alkyl halides is 3. The summed E-state index contributed by atoms with van der Waals surface area (Å²) in [6.07, 6.45) is -4.82. The van der Waals surface area contributed by atoms with Crippen molar-refractivity contribution < 1.29 is 27.8 Å². The van der Waals surface area contributed by atoms with Gasteiger partial charge in [0.1, 0.15) is 0 Å². The smallest absolute Gasteiger partial charge is 0.434 e. The van der Waals surface area contributed by atoms with Crippen molar-refractivity contribution in [3.63, 3.8) is 0 Å². The Morgan fingerprint density at radius 3 is 2.47 bits per heavy atom. The lowest BCUT2D eigenvalue weighted by Gasteiger charge is -2.09. The van der Waals surface area contributed by atoms with Gasteiger partial charge in [0.25, 0.3) is 0 Å². The van der Waals surface area contributed by atoms with Crippen molar-refractivity contribution >= 4 is 5.97 Å². The van der Waals surface area contributed by atoms with Gasteiger partial charge in [-0.2, -0.15) is 13.2 Å². The largest absolute Gasteiger partial charge is 0.481 e. The summed E-state index contributed by atoms with van der Waals surface area (Å²) in [5.41, 5.74) is -2.36. The fourth-order valence-electron chi connectivity index (χ4n) is 0.944. The molecule has 1 rings (SSSR count). The molecule has 0 bridgehead atoms. The molecule has 0 fully saturated rings. The Morgan fingerprint density at radius 1 is 1.47 bits per heavy atom. The van der Waals surface area contributed by atoms with Crippen molar-refractivity contribution in [1.82, 2.24) is 4.98 Å². The first-order valence-electron chi connectivity index (χ1n) is 3.71. The molecule has 1 aromatic heterocycles. The predicted octanol–water partition coefficient (Wildman–Crippen LogP) is 1.81. The van der Waals surface area contributed by atoms with Crippen LogP contribution in [0.1, 0.15) is 16.1 Å². The van der Waals surface area contributed by atoms with Gasteiger partial charge in [0.05, 0.1) is 12.7 Å². The van der Waals surface area contributed by atoms with Crippen LogP contribution in [-0.4, -0.2) is 23.2 Å². The summed E-state index contributed by atoms with van der Waals surface area (Å²) in [6, 6.07) is 1.86. The number of nitrogens with zero attached hydrogens (tertiary/aromatic N) is 1. The Kier molecular flexibility index (Phi) is 2.83. The van der Waals surface area contributed by atoms with E-state index in [4.69, 9.17) is 5.11 Å². The van der Waals surface area contributed by atoms with Crippen LogP contribution in [-0.2, 0) is 6.18 Å². The van der Waals surface area contributed by atoms with Crippen LogP contribution in [0.25, 0.3) is 0 Å². The topological polar surface area (TPSA) is 59.4 Å². The molecule has 0 saturated heterocycles. The lowest BCUT2D eigenvalue weighted by Crippen LogP contribution is -2.15. The van der Waals surface area contributed by atoms with Gasteiger partial charge in [-0.25, -0.2) is 9.78 Å². The SMILES string of the molecule is COc1ccc(C(=O)O)c(C(F)(F)F)n1. The predicted molar refractivity (Wildman–Crippen MR) is 42.8 cm³/mol. The molecule has 1 aromatic rings. The van der Waals surface area contributed by atoms with E-state index in [1.165, 1.54) is 0 Å². The van der Waals surface area contributed by atoms with Crippen LogP contribution in [0.2, 0.25) is 0 Å². The molecule has 82 valence electrons. The van der Waals surface area contributed by atoms with Crippen LogP contribution >= 0.6 is 0 Å². The summed E-state index contributed by atoms with van der Waals surface area (Å²) in [5, 5.41) is 8.51. The lowest BCUT2D eigenvalue weighted by molar-refractivity contribution is -0.141. The number of methoxy groups -OCH3 is 1. The quantitative estimate of drug-likeness (QED) is 0.827. The van der Waals surface area contributed by atoms with Crippen LogP contribution < -0.4 is 4.74 Å². The molecule has 4 nitrogen and oxygen atoms in total. The van der Waals surface area contributed by atoms with Gasteiger partial charge in [-0.05, 0) is 6.07 Å². The summed E-state index contributed by atoms with van der Waals surface area (Å²) in [7, 11) is 1.14. The molecule has 1 N–H and O–H groups in total. The third-order valence-electron chi connectivity index (χ3n) is 1.58. The van der Waals surface area contributed by atoms with Crippen molar-refractivity contribution in [3.8, 4) is 5.88 Å². The zero-order valence-corrected chi connectivity index (χ0v) is 7.50. The fourth-order valence-corrected chi connectivity index (χ4v) is 0.944. The number of carboxylic acid groups (broad SMARTS) is 1. The number of carboxylic acids is 1. The second kappa shape index (κ2) is 3.76. The maximum absolute atomic E-state index is 12.3. The average Bonchev–Trinajstić information content (AvgIpc) is 2.15. The number of aromatic carboxylic acids is 1. The number of rotatable bonds is 2. The molecule has 15 heavy (non-hydrogen) atoms. The second-order valence-electron chi connectivity index (χ2n) is 2.55. The standard InChI is InChI=1S/C8H6F3NO3/c1-15-5-3-2-4(7(13)14)6(12-5)8(9,10)11/h2-3H,1H3,(H,13,14). The molecule has 0 spiro atoms. The number of ether oxygens (including phenoxy) is 1. The molecule has 0 radical (unpaired) electrons. The first-order valence-corrected chi connectivity index (χ1v) is 3.71. The van der Waals surface area contributed by atoms with Gasteiger partial charge < -0.3 is 9.84 Å². The van der Waals surface area contributed by atoms with Crippen LogP contribution in [0, 0.1) is 0 Å². The normalized spacial score (nSPS) is 11.2. The minimum atomic E-state index is -4.82. The Labute approximate surface area is 82.3 Å². The van der Waals surface area contributed by atoms with E-state index in [0.717, 1.165) is 19.2 Å². The van der Waals surface area contributed by atoms with Crippen LogP contribution in [0.3, 0.4) is 0 Å². The number of hydrogen-bond acceptors (Lipinski definition) is 3. The van der Waals surface area contributed by atoms with Gasteiger partial charge in [-0.15, -0.1) is 0 Å². The zero-order chi connectivity index (χ0) is 11.6. The van der Waals surface area contributed by atoms with E-state index >= 15 is 0 Å². The van der Waals surface area contributed by atoms with Gasteiger partial charge in [0.15, 0.2) is 5.69 Å². The molecule has 0 aliphatic carbocycles. The number of hydrogen-bond donors (Lipinski definition) is 1. The number of carbonyl (C=O) groups is 1. The highest BCUT2D eigenvalue weighted by Crippen LogP contribution is 2.31. The van der Waals surface area contributed by atoms with E-state index in [0.29, 0.717) is 0 Å². The fraction of sp³-hybridized carbons (Fsp3) is 0.250.